The molecule has 2 aliphatic heterocycles. The zero-order valence-electron chi connectivity index (χ0n) is 16.5. The summed E-state index contributed by atoms with van der Waals surface area (Å²) in [7, 11) is -1.06. The molecule has 0 bridgehead atoms. The van der Waals surface area contributed by atoms with Gasteiger partial charge in [0.2, 0.25) is 0 Å². The summed E-state index contributed by atoms with van der Waals surface area (Å²) in [6.07, 6.45) is 9.31. The molecule has 2 atom stereocenters. The Labute approximate surface area is 188 Å². The van der Waals surface area contributed by atoms with Crippen molar-refractivity contribution in [3.8, 4) is 11.1 Å². The van der Waals surface area contributed by atoms with Gasteiger partial charge < -0.3 is 0 Å². The summed E-state index contributed by atoms with van der Waals surface area (Å²) in [6.45, 7) is 7.26. The normalized spacial score (nSPS) is 24.6. The van der Waals surface area contributed by atoms with Crippen LogP contribution in [0.15, 0.2) is 87.0 Å². The van der Waals surface area contributed by atoms with Gasteiger partial charge in [-0.3, -0.25) is 0 Å². The molecular formula is C25H23SSiZr. The van der Waals surface area contributed by atoms with Crippen LogP contribution in [0.5, 0.6) is 0 Å². The molecular weight excluding hydrogens is 452 g/mol. The molecule has 2 aliphatic carbocycles. The summed E-state index contributed by atoms with van der Waals surface area (Å²) in [5, 5.41) is 3.60. The third kappa shape index (κ3) is 2.82. The van der Waals surface area contributed by atoms with Gasteiger partial charge in [-0.2, -0.15) is 0 Å². The number of fused-ring (bicyclic) bond motifs is 1. The molecule has 137 valence electrons. The van der Waals surface area contributed by atoms with Crippen LogP contribution < -0.4 is 0 Å². The second-order valence-electron chi connectivity index (χ2n) is 8.33. The minimum absolute atomic E-state index is 0.644. The maximum atomic E-state index is 2.48. The molecule has 1 fully saturated rings. The predicted molar refractivity (Wildman–Crippen MR) is 121 cm³/mol. The van der Waals surface area contributed by atoms with E-state index in [0.717, 1.165) is 5.92 Å². The second-order valence-corrected chi connectivity index (χ2v) is 15.5. The molecule has 2 unspecified atom stereocenters. The second kappa shape index (κ2) is 6.97. The van der Waals surface area contributed by atoms with Gasteiger partial charge in [-0.05, 0) is 16.7 Å². The fourth-order valence-corrected chi connectivity index (χ4v) is 11.6. The van der Waals surface area contributed by atoms with Gasteiger partial charge in [-0.25, -0.2) is 0 Å². The van der Waals surface area contributed by atoms with Crippen molar-refractivity contribution in [2.24, 2.45) is 5.92 Å². The minimum atomic E-state index is -1.06. The van der Waals surface area contributed by atoms with Crippen LogP contribution >= 0.6 is 11.8 Å². The van der Waals surface area contributed by atoms with Gasteiger partial charge in [0.1, 0.15) is 8.07 Å². The first-order valence-electron chi connectivity index (χ1n) is 9.87. The Kier molecular flexibility index (Phi) is 4.69. The molecule has 2 heterocycles. The Balaban J connectivity index is 0.000000127. The van der Waals surface area contributed by atoms with E-state index in [2.05, 4.69) is 92.9 Å². The van der Waals surface area contributed by atoms with Crippen LogP contribution in [0.1, 0.15) is 21.7 Å². The van der Waals surface area contributed by atoms with Crippen molar-refractivity contribution in [2.75, 3.05) is 0 Å². The van der Waals surface area contributed by atoms with Gasteiger partial charge in [0.15, 0.2) is 0 Å². The molecule has 0 spiro atoms. The summed E-state index contributed by atoms with van der Waals surface area (Å²) >= 11 is 3.58. The van der Waals surface area contributed by atoms with Crippen molar-refractivity contribution in [1.82, 2.24) is 0 Å². The fraction of sp³-hybridized carbons (Fsp3) is 0.200. The molecule has 0 saturated carbocycles. The molecule has 2 aromatic rings. The molecule has 0 aromatic heterocycles. The van der Waals surface area contributed by atoms with E-state index in [1.54, 1.807) is 39.7 Å². The Bertz CT molecular complexity index is 1090. The number of thioether (sulfide) groups is 1. The van der Waals surface area contributed by atoms with Crippen LogP contribution in [0.3, 0.4) is 0 Å². The summed E-state index contributed by atoms with van der Waals surface area (Å²) in [5.74, 6) is 0.789. The number of benzene rings is 2. The van der Waals surface area contributed by atoms with Crippen LogP contribution in [0.25, 0.3) is 17.2 Å². The summed E-state index contributed by atoms with van der Waals surface area (Å²) in [5.41, 5.74) is 5.57. The molecule has 0 radical (unpaired) electrons. The van der Waals surface area contributed by atoms with Crippen LogP contribution in [-0.2, 0) is 24.7 Å². The third-order valence-corrected chi connectivity index (χ3v) is 12.8. The molecule has 2 aromatic carbocycles. The number of hydrogen-bond acceptors (Lipinski definition) is 1. The first-order valence-corrected chi connectivity index (χ1v) is 15.1. The van der Waals surface area contributed by atoms with Crippen molar-refractivity contribution >= 4 is 25.9 Å². The van der Waals surface area contributed by atoms with Crippen LogP contribution in [-0.4, -0.2) is 8.07 Å². The Morgan fingerprint density at radius 2 is 1.75 bits per heavy atom. The molecule has 4 aliphatic rings. The number of allylic oxidation sites excluding steroid dienone is 7. The first-order chi connectivity index (χ1) is 13.5. The van der Waals surface area contributed by atoms with Gasteiger partial charge in [-0.15, -0.1) is 0 Å². The number of hydrogen-bond donors (Lipinski definition) is 0. The Morgan fingerprint density at radius 3 is 2.54 bits per heavy atom. The van der Waals surface area contributed by atoms with E-state index in [1.165, 1.54) is 22.3 Å². The standard InChI is InChI=1S/C15H11.C10H12SSi.Zr/c1-2-6-12(7-3-1)14-10-4-8-13-9-5-11-15(13)14;1-6-10-9-7(11-6)4-5-8(9)12(10,2)3;/h1-11H;4-5,9H,1-3H3;. The van der Waals surface area contributed by atoms with E-state index in [-0.39, 0.29) is 0 Å². The van der Waals surface area contributed by atoms with Crippen molar-refractivity contribution in [3.63, 3.8) is 0 Å². The van der Waals surface area contributed by atoms with E-state index in [0.29, 0.717) is 3.63 Å². The Hall–Kier alpha value is -1.15. The fourth-order valence-electron chi connectivity index (χ4n) is 5.00. The molecule has 28 heavy (non-hydrogen) atoms. The zero-order valence-corrected chi connectivity index (χ0v) is 20.8. The van der Waals surface area contributed by atoms with E-state index in [1.807, 2.05) is 17.0 Å². The molecule has 0 amide bonds. The predicted octanol–water partition coefficient (Wildman–Crippen LogP) is 7.22. The topological polar surface area (TPSA) is 0 Å². The van der Waals surface area contributed by atoms with Gasteiger partial charge in [0.05, 0.1) is 0 Å². The van der Waals surface area contributed by atoms with Crippen LogP contribution in [0.2, 0.25) is 13.1 Å². The molecule has 0 nitrogen and oxygen atoms in total. The third-order valence-electron chi connectivity index (χ3n) is 6.37. The maximum absolute atomic E-state index is 2.48. The molecule has 0 N–H and O–H groups in total. The summed E-state index contributed by atoms with van der Waals surface area (Å²) in [6, 6.07) is 17.3. The van der Waals surface area contributed by atoms with Crippen molar-refractivity contribution < 1.29 is 24.7 Å². The SMILES string of the molecule is CC1=C2C3C(=CC=C3[Si]2(C)C)S1.[Zr][CH]1C=Cc2c(-c3ccccc3)cccc21. The molecule has 3 heteroatoms. The van der Waals surface area contributed by atoms with Crippen molar-refractivity contribution in [3.05, 3.63) is 98.1 Å². The first kappa shape index (κ1) is 18.9. The zero-order chi connectivity index (χ0) is 19.5. The summed E-state index contributed by atoms with van der Waals surface area (Å²) < 4.78 is 0.644. The summed E-state index contributed by atoms with van der Waals surface area (Å²) in [4.78, 5) is 3.21. The van der Waals surface area contributed by atoms with E-state index in [4.69, 9.17) is 0 Å². The average molecular weight is 475 g/mol. The van der Waals surface area contributed by atoms with E-state index in [9.17, 15) is 0 Å². The van der Waals surface area contributed by atoms with Crippen LogP contribution in [0, 0.1) is 5.92 Å². The van der Waals surface area contributed by atoms with Crippen molar-refractivity contribution in [2.45, 2.75) is 23.6 Å². The van der Waals surface area contributed by atoms with Crippen LogP contribution in [0.4, 0.5) is 0 Å². The van der Waals surface area contributed by atoms with E-state index >= 15 is 0 Å². The monoisotopic (exact) mass is 473 g/mol. The molecule has 6 rings (SSSR count). The number of rotatable bonds is 1. The van der Waals surface area contributed by atoms with Gasteiger partial charge in [0, 0.05) is 5.92 Å². The quantitative estimate of drug-likeness (QED) is 0.393. The van der Waals surface area contributed by atoms with Crippen molar-refractivity contribution in [1.29, 1.82) is 0 Å². The van der Waals surface area contributed by atoms with E-state index < -0.39 is 8.07 Å². The molecule has 1 saturated heterocycles. The average Bonchev–Trinajstić information content (AvgIpc) is 3.33. The van der Waals surface area contributed by atoms with Gasteiger partial charge in [0.25, 0.3) is 0 Å². The van der Waals surface area contributed by atoms with Gasteiger partial charge in [-0.1, -0.05) is 47.4 Å². The van der Waals surface area contributed by atoms with Gasteiger partial charge >= 0.3 is 111 Å². The Morgan fingerprint density at radius 1 is 0.964 bits per heavy atom.